The van der Waals surface area contributed by atoms with Crippen LogP contribution < -0.4 is 0 Å². The number of benzene rings is 1. The molecular formula is C26H32N4O. The molecule has 162 valence electrons. The van der Waals surface area contributed by atoms with Crippen molar-refractivity contribution in [2.24, 2.45) is 7.05 Å². The van der Waals surface area contributed by atoms with Gasteiger partial charge in [0.25, 0.3) is 5.91 Å². The first kappa shape index (κ1) is 21.3. The summed E-state index contributed by atoms with van der Waals surface area (Å²) in [6.45, 7) is 9.88. The zero-order chi connectivity index (χ0) is 22.2. The van der Waals surface area contributed by atoms with E-state index in [-0.39, 0.29) is 17.2 Å². The van der Waals surface area contributed by atoms with Gasteiger partial charge < -0.3 is 4.90 Å². The summed E-state index contributed by atoms with van der Waals surface area (Å²) in [5.41, 5.74) is 6.00. The minimum atomic E-state index is -0.0833. The van der Waals surface area contributed by atoms with Gasteiger partial charge in [0.15, 0.2) is 0 Å². The molecule has 31 heavy (non-hydrogen) atoms. The zero-order valence-electron chi connectivity index (χ0n) is 19.2. The second-order valence-corrected chi connectivity index (χ2v) is 9.67. The third kappa shape index (κ3) is 4.55. The molecule has 0 bridgehead atoms. The van der Waals surface area contributed by atoms with Gasteiger partial charge in [0.2, 0.25) is 0 Å². The third-order valence-electron chi connectivity index (χ3n) is 6.07. The first-order valence-corrected chi connectivity index (χ1v) is 11.1. The molecule has 1 amide bonds. The van der Waals surface area contributed by atoms with Crippen LogP contribution in [0.2, 0.25) is 0 Å². The molecule has 1 unspecified atom stereocenters. The van der Waals surface area contributed by atoms with E-state index in [0.717, 1.165) is 36.5 Å². The highest BCUT2D eigenvalue weighted by atomic mass is 16.2. The number of hydrogen-bond donors (Lipinski definition) is 0. The van der Waals surface area contributed by atoms with Gasteiger partial charge in [-0.25, -0.2) is 0 Å². The van der Waals surface area contributed by atoms with Crippen LogP contribution in [0.25, 0.3) is 11.1 Å². The van der Waals surface area contributed by atoms with Gasteiger partial charge in [0.1, 0.15) is 5.69 Å². The van der Waals surface area contributed by atoms with Crippen LogP contribution in [0.4, 0.5) is 0 Å². The number of carbonyl (C=O) groups is 1. The molecule has 0 aliphatic carbocycles. The average molecular weight is 417 g/mol. The molecule has 1 aliphatic rings. The number of hydrogen-bond acceptors (Lipinski definition) is 3. The van der Waals surface area contributed by atoms with Crippen LogP contribution in [-0.4, -0.2) is 38.7 Å². The second kappa shape index (κ2) is 8.29. The molecule has 5 nitrogen and oxygen atoms in total. The summed E-state index contributed by atoms with van der Waals surface area (Å²) in [4.78, 5) is 20.2. The molecule has 2 aromatic heterocycles. The Morgan fingerprint density at radius 1 is 1.06 bits per heavy atom. The molecule has 1 aliphatic heterocycles. The number of rotatable bonds is 3. The van der Waals surface area contributed by atoms with Gasteiger partial charge in [-0.2, -0.15) is 5.10 Å². The minimum absolute atomic E-state index is 0.0612. The largest absolute Gasteiger partial charge is 0.337 e. The number of aryl methyl sites for hydroxylation is 2. The topological polar surface area (TPSA) is 51.0 Å². The average Bonchev–Trinajstić information content (AvgIpc) is 3.15. The van der Waals surface area contributed by atoms with Crippen LogP contribution in [0.15, 0.2) is 48.5 Å². The maximum atomic E-state index is 13.3. The van der Waals surface area contributed by atoms with E-state index in [0.29, 0.717) is 12.2 Å². The van der Waals surface area contributed by atoms with Gasteiger partial charge in [-0.3, -0.25) is 14.5 Å². The Hall–Kier alpha value is -2.95. The third-order valence-corrected chi connectivity index (χ3v) is 6.07. The minimum Gasteiger partial charge on any atom is -0.337 e. The first-order chi connectivity index (χ1) is 14.7. The van der Waals surface area contributed by atoms with Crippen LogP contribution in [0.3, 0.4) is 0 Å². The standard InChI is InChI=1S/C26H32N4O/c1-18-14-21(19-10-7-6-8-11-19)15-22(27-18)20-12-9-13-30(17-20)25(31)23-16-24(26(2,3)4)28-29(23)5/h6-8,10-11,14-16,20H,9,12-13,17H2,1-5H3. The Morgan fingerprint density at radius 2 is 1.81 bits per heavy atom. The Labute approximate surface area is 185 Å². The molecular weight excluding hydrogens is 384 g/mol. The number of likely N-dealkylation sites (tertiary alicyclic amines) is 1. The Balaban J connectivity index is 1.58. The van der Waals surface area contributed by atoms with Crippen molar-refractivity contribution < 1.29 is 4.79 Å². The summed E-state index contributed by atoms with van der Waals surface area (Å²) in [5.74, 6) is 0.307. The maximum absolute atomic E-state index is 13.3. The molecule has 0 saturated carbocycles. The lowest BCUT2D eigenvalue weighted by molar-refractivity contribution is 0.0694. The molecule has 3 aromatic rings. The van der Waals surface area contributed by atoms with E-state index in [2.05, 4.69) is 62.3 Å². The number of nitrogens with zero attached hydrogens (tertiary/aromatic N) is 4. The Morgan fingerprint density at radius 3 is 2.48 bits per heavy atom. The molecule has 0 spiro atoms. The van der Waals surface area contributed by atoms with E-state index in [1.165, 1.54) is 11.1 Å². The highest BCUT2D eigenvalue weighted by Gasteiger charge is 2.29. The molecule has 1 fully saturated rings. The van der Waals surface area contributed by atoms with Gasteiger partial charge >= 0.3 is 0 Å². The highest BCUT2D eigenvalue weighted by molar-refractivity contribution is 5.93. The smallest absolute Gasteiger partial charge is 0.272 e. The first-order valence-electron chi connectivity index (χ1n) is 11.1. The second-order valence-electron chi connectivity index (χ2n) is 9.67. The van der Waals surface area contributed by atoms with E-state index >= 15 is 0 Å². The quantitative estimate of drug-likeness (QED) is 0.596. The Bertz CT molecular complexity index is 1080. The number of pyridine rings is 1. The van der Waals surface area contributed by atoms with Crippen molar-refractivity contribution in [2.75, 3.05) is 13.1 Å². The SMILES string of the molecule is Cc1cc(-c2ccccc2)cc(C2CCCN(C(=O)c3cc(C(C)(C)C)nn3C)C2)n1. The van der Waals surface area contributed by atoms with Crippen LogP contribution in [0.1, 0.15) is 67.1 Å². The van der Waals surface area contributed by atoms with Crippen molar-refractivity contribution in [3.63, 3.8) is 0 Å². The van der Waals surface area contributed by atoms with Crippen molar-refractivity contribution in [2.45, 2.75) is 51.9 Å². The van der Waals surface area contributed by atoms with Crippen molar-refractivity contribution in [3.8, 4) is 11.1 Å². The predicted octanol–water partition coefficient (Wildman–Crippen LogP) is 5.11. The molecule has 5 heteroatoms. The molecule has 1 aromatic carbocycles. The summed E-state index contributed by atoms with van der Waals surface area (Å²) >= 11 is 0. The van der Waals surface area contributed by atoms with Gasteiger partial charge in [0, 0.05) is 42.9 Å². The lowest BCUT2D eigenvalue weighted by Gasteiger charge is -2.32. The van der Waals surface area contributed by atoms with Crippen LogP contribution >= 0.6 is 0 Å². The van der Waals surface area contributed by atoms with Crippen molar-refractivity contribution >= 4 is 5.91 Å². The highest BCUT2D eigenvalue weighted by Crippen LogP contribution is 2.30. The fourth-order valence-corrected chi connectivity index (χ4v) is 4.30. The van der Waals surface area contributed by atoms with Gasteiger partial charge in [0.05, 0.1) is 5.69 Å². The fourth-order valence-electron chi connectivity index (χ4n) is 4.30. The van der Waals surface area contributed by atoms with Crippen molar-refractivity contribution in [1.82, 2.24) is 19.7 Å². The molecule has 1 saturated heterocycles. The van der Waals surface area contributed by atoms with Crippen molar-refractivity contribution in [3.05, 3.63) is 71.3 Å². The lowest BCUT2D eigenvalue weighted by atomic mass is 9.91. The van der Waals surface area contributed by atoms with Crippen LogP contribution in [-0.2, 0) is 12.5 Å². The lowest BCUT2D eigenvalue weighted by Crippen LogP contribution is -2.40. The maximum Gasteiger partial charge on any atom is 0.272 e. The van der Waals surface area contributed by atoms with E-state index in [9.17, 15) is 4.79 Å². The summed E-state index contributed by atoms with van der Waals surface area (Å²) in [7, 11) is 1.86. The summed E-state index contributed by atoms with van der Waals surface area (Å²) in [6.07, 6.45) is 2.03. The van der Waals surface area contributed by atoms with E-state index in [1.807, 2.05) is 31.0 Å². The van der Waals surface area contributed by atoms with Gasteiger partial charge in [-0.15, -0.1) is 0 Å². The molecule has 0 N–H and O–H groups in total. The zero-order valence-corrected chi connectivity index (χ0v) is 19.2. The van der Waals surface area contributed by atoms with Crippen LogP contribution in [0.5, 0.6) is 0 Å². The number of piperidine rings is 1. The predicted molar refractivity (Wildman–Crippen MR) is 124 cm³/mol. The normalized spacial score (nSPS) is 17.1. The molecule has 1 atom stereocenters. The number of aromatic nitrogens is 3. The molecule has 4 rings (SSSR count). The van der Waals surface area contributed by atoms with Crippen LogP contribution in [0, 0.1) is 6.92 Å². The van der Waals surface area contributed by atoms with E-state index in [4.69, 9.17) is 4.98 Å². The number of carbonyl (C=O) groups excluding carboxylic acids is 1. The van der Waals surface area contributed by atoms with Gasteiger partial charge in [-0.1, -0.05) is 51.1 Å². The summed E-state index contributed by atoms with van der Waals surface area (Å²) < 4.78 is 1.73. The summed E-state index contributed by atoms with van der Waals surface area (Å²) in [5, 5.41) is 4.59. The van der Waals surface area contributed by atoms with Crippen molar-refractivity contribution in [1.29, 1.82) is 0 Å². The van der Waals surface area contributed by atoms with E-state index in [1.54, 1.807) is 4.68 Å². The monoisotopic (exact) mass is 416 g/mol. The molecule has 0 radical (unpaired) electrons. The summed E-state index contributed by atoms with van der Waals surface area (Å²) in [6, 6.07) is 16.7. The van der Waals surface area contributed by atoms with E-state index < -0.39 is 0 Å². The Kier molecular flexibility index (Phi) is 5.69. The van der Waals surface area contributed by atoms with Gasteiger partial charge in [-0.05, 0) is 49.1 Å². The number of amides is 1. The molecule has 3 heterocycles. The fraction of sp³-hybridized carbons (Fsp3) is 0.423.